The fourth-order valence-corrected chi connectivity index (χ4v) is 6.18. The quantitative estimate of drug-likeness (QED) is 0.453. The second-order valence-electron chi connectivity index (χ2n) is 9.63. The van der Waals surface area contributed by atoms with E-state index in [1.54, 1.807) is 13.0 Å². The van der Waals surface area contributed by atoms with E-state index in [9.17, 15) is 39.3 Å². The van der Waals surface area contributed by atoms with Crippen LogP contribution in [0.2, 0.25) is 0 Å². The maximum absolute atomic E-state index is 13.6. The molecule has 2 fully saturated rings. The highest BCUT2D eigenvalue weighted by atomic mass is 16.3. The van der Waals surface area contributed by atoms with Crippen molar-refractivity contribution in [2.75, 3.05) is 0 Å². The largest absolute Gasteiger partial charge is 0.507 e. The normalized spacial score (nSPS) is 34.1. The lowest BCUT2D eigenvalue weighted by molar-refractivity contribution is -0.189. The number of rotatable bonds is 2. The van der Waals surface area contributed by atoms with Gasteiger partial charge < -0.3 is 21.1 Å². The first-order valence-corrected chi connectivity index (χ1v) is 11.3. The standard InChI is InChI=1S/C26H23NO8/c1-10-13-7-12(11-5-3-2-4-6-11)8-15(28)18(13)22(31)20-17(10)21(30)14-9-16(29)19(25(27)34)23(32)26(14,35)24(20)33/h2-8,10,14,17,19-21,28,30,35H,9H2,1H3,(H2,27,34)/t10-,14+,17+,19?,20?,21+,26+/m0/s1. The van der Waals surface area contributed by atoms with Gasteiger partial charge in [-0.3, -0.25) is 24.0 Å². The Morgan fingerprint density at radius 3 is 2.31 bits per heavy atom. The van der Waals surface area contributed by atoms with E-state index in [0.29, 0.717) is 11.1 Å². The molecule has 3 aliphatic rings. The fraction of sp³-hybridized carbons (Fsp3) is 0.346. The molecular weight excluding hydrogens is 454 g/mol. The third-order valence-corrected chi connectivity index (χ3v) is 7.90. The summed E-state index contributed by atoms with van der Waals surface area (Å²) in [4.78, 5) is 64.3. The fourth-order valence-electron chi connectivity index (χ4n) is 6.18. The Bertz CT molecular complexity index is 1320. The smallest absolute Gasteiger partial charge is 0.235 e. The lowest BCUT2D eigenvalue weighted by atomic mass is 9.50. The number of primary amides is 1. The maximum Gasteiger partial charge on any atom is 0.235 e. The van der Waals surface area contributed by atoms with Crippen molar-refractivity contribution < 1.29 is 39.3 Å². The van der Waals surface area contributed by atoms with Gasteiger partial charge in [0.25, 0.3) is 0 Å². The highest BCUT2D eigenvalue weighted by molar-refractivity contribution is 6.31. The second kappa shape index (κ2) is 7.66. The molecule has 2 saturated carbocycles. The molecule has 0 heterocycles. The van der Waals surface area contributed by atoms with E-state index < -0.39 is 76.8 Å². The molecular formula is C26H23NO8. The van der Waals surface area contributed by atoms with Gasteiger partial charge in [0.2, 0.25) is 5.91 Å². The molecule has 0 aliphatic heterocycles. The predicted molar refractivity (Wildman–Crippen MR) is 120 cm³/mol. The number of aliphatic hydroxyl groups excluding tert-OH is 1. The number of fused-ring (bicyclic) bond motifs is 3. The van der Waals surface area contributed by atoms with Crippen molar-refractivity contribution in [3.8, 4) is 16.9 Å². The van der Waals surface area contributed by atoms with Crippen LogP contribution in [0.5, 0.6) is 5.75 Å². The molecule has 2 aromatic rings. The van der Waals surface area contributed by atoms with E-state index in [-0.39, 0.29) is 11.3 Å². The zero-order chi connectivity index (χ0) is 25.4. The minimum atomic E-state index is -2.92. The highest BCUT2D eigenvalue weighted by Crippen LogP contribution is 2.54. The molecule has 0 saturated heterocycles. The average Bonchev–Trinajstić information content (AvgIpc) is 2.81. The highest BCUT2D eigenvalue weighted by Gasteiger charge is 2.69. The summed E-state index contributed by atoms with van der Waals surface area (Å²) in [7, 11) is 0. The van der Waals surface area contributed by atoms with Crippen LogP contribution in [0, 0.1) is 23.7 Å². The first-order chi connectivity index (χ1) is 16.5. The zero-order valence-corrected chi connectivity index (χ0v) is 18.7. The first kappa shape index (κ1) is 23.1. The molecule has 0 aromatic heterocycles. The van der Waals surface area contributed by atoms with Gasteiger partial charge in [-0.25, -0.2) is 0 Å². The summed E-state index contributed by atoms with van der Waals surface area (Å²) in [6.45, 7) is 1.68. The minimum absolute atomic E-state index is 0.119. The number of ketones is 4. The molecule has 2 aromatic carbocycles. The molecule has 0 spiro atoms. The van der Waals surface area contributed by atoms with E-state index in [0.717, 1.165) is 5.56 Å². The lowest BCUT2D eigenvalue weighted by Crippen LogP contribution is -2.72. The third kappa shape index (κ3) is 2.98. The number of nitrogens with two attached hydrogens (primary N) is 1. The van der Waals surface area contributed by atoms with Crippen LogP contribution in [-0.2, 0) is 19.2 Å². The van der Waals surface area contributed by atoms with E-state index in [1.807, 2.05) is 30.3 Å². The van der Waals surface area contributed by atoms with E-state index in [2.05, 4.69) is 0 Å². The van der Waals surface area contributed by atoms with Crippen molar-refractivity contribution in [2.45, 2.75) is 31.0 Å². The molecule has 3 aliphatic carbocycles. The van der Waals surface area contributed by atoms with Crippen molar-refractivity contribution in [3.05, 3.63) is 53.6 Å². The molecule has 180 valence electrons. The number of amides is 1. The number of carbonyl (C=O) groups excluding carboxylic acids is 5. The lowest BCUT2D eigenvalue weighted by Gasteiger charge is -2.52. The van der Waals surface area contributed by atoms with Crippen LogP contribution < -0.4 is 5.73 Å². The Hall–Kier alpha value is -3.69. The number of benzene rings is 2. The molecule has 1 amide bonds. The summed E-state index contributed by atoms with van der Waals surface area (Å²) >= 11 is 0. The molecule has 2 unspecified atom stereocenters. The van der Waals surface area contributed by atoms with Gasteiger partial charge in [-0.15, -0.1) is 0 Å². The van der Waals surface area contributed by atoms with Gasteiger partial charge >= 0.3 is 0 Å². The van der Waals surface area contributed by atoms with Crippen LogP contribution in [0.15, 0.2) is 42.5 Å². The molecule has 0 radical (unpaired) electrons. The summed E-state index contributed by atoms with van der Waals surface area (Å²) in [5, 5.41) is 33.3. The van der Waals surface area contributed by atoms with Crippen LogP contribution in [0.25, 0.3) is 11.1 Å². The van der Waals surface area contributed by atoms with Crippen LogP contribution in [0.3, 0.4) is 0 Å². The van der Waals surface area contributed by atoms with Crippen molar-refractivity contribution in [2.24, 2.45) is 29.4 Å². The maximum atomic E-state index is 13.6. The second-order valence-corrected chi connectivity index (χ2v) is 9.63. The topological polar surface area (TPSA) is 172 Å². The Balaban J connectivity index is 1.66. The SMILES string of the molecule is C[C@H]1c2cc(-c3ccccc3)cc(O)c2C(=O)C2C(=O)[C@]3(O)C(=O)C(C(N)=O)C(=O)C[C@@H]3[C@@H](O)[C@@H]21. The number of Topliss-reactive ketones (excluding diaryl/α,β-unsaturated/α-hetero) is 4. The zero-order valence-electron chi connectivity index (χ0n) is 18.7. The van der Waals surface area contributed by atoms with Crippen LogP contribution in [-0.4, -0.2) is 56.1 Å². The number of hydrogen-bond acceptors (Lipinski definition) is 8. The monoisotopic (exact) mass is 477 g/mol. The summed E-state index contributed by atoms with van der Waals surface area (Å²) in [5.74, 6) is -12.9. The van der Waals surface area contributed by atoms with Gasteiger partial charge in [0.05, 0.1) is 17.6 Å². The third-order valence-electron chi connectivity index (χ3n) is 7.90. The molecule has 5 rings (SSSR count). The molecule has 9 heteroatoms. The van der Waals surface area contributed by atoms with Crippen LogP contribution in [0.1, 0.15) is 35.2 Å². The summed E-state index contributed by atoms with van der Waals surface area (Å²) in [6, 6.07) is 12.2. The van der Waals surface area contributed by atoms with Crippen LogP contribution >= 0.6 is 0 Å². The van der Waals surface area contributed by atoms with Gasteiger partial charge in [-0.2, -0.15) is 0 Å². The van der Waals surface area contributed by atoms with Gasteiger partial charge in [-0.05, 0) is 34.7 Å². The molecule has 7 atom stereocenters. The predicted octanol–water partition coefficient (Wildman–Crippen LogP) is 0.526. The number of aliphatic hydroxyl groups is 2. The Morgan fingerprint density at radius 2 is 1.69 bits per heavy atom. The number of aromatic hydroxyl groups is 1. The van der Waals surface area contributed by atoms with Crippen LogP contribution in [0.4, 0.5) is 0 Å². The number of phenols is 1. The Labute approximate surface area is 199 Å². The minimum Gasteiger partial charge on any atom is -0.507 e. The van der Waals surface area contributed by atoms with E-state index in [4.69, 9.17) is 5.73 Å². The Morgan fingerprint density at radius 1 is 1.03 bits per heavy atom. The first-order valence-electron chi connectivity index (χ1n) is 11.3. The molecule has 5 N–H and O–H groups in total. The van der Waals surface area contributed by atoms with Crippen molar-refractivity contribution in [3.63, 3.8) is 0 Å². The Kier molecular flexibility index (Phi) is 5.05. The average molecular weight is 477 g/mol. The van der Waals surface area contributed by atoms with E-state index in [1.165, 1.54) is 6.07 Å². The van der Waals surface area contributed by atoms with Crippen molar-refractivity contribution in [1.29, 1.82) is 0 Å². The number of phenolic OH excluding ortho intramolecular Hbond substituents is 1. The van der Waals surface area contributed by atoms with Gasteiger partial charge in [0.15, 0.2) is 34.7 Å². The number of hydrogen-bond donors (Lipinski definition) is 4. The molecule has 0 bridgehead atoms. The number of carbonyl (C=O) groups is 5. The van der Waals surface area contributed by atoms with Crippen molar-refractivity contribution in [1.82, 2.24) is 0 Å². The summed E-state index contributed by atoms with van der Waals surface area (Å²) in [6.07, 6.45) is -2.20. The molecule has 35 heavy (non-hydrogen) atoms. The van der Waals surface area contributed by atoms with Gasteiger partial charge in [0.1, 0.15) is 5.75 Å². The summed E-state index contributed by atoms with van der Waals surface area (Å²) < 4.78 is 0. The molecule has 9 nitrogen and oxygen atoms in total. The van der Waals surface area contributed by atoms with Gasteiger partial charge in [-0.1, -0.05) is 37.3 Å². The summed E-state index contributed by atoms with van der Waals surface area (Å²) in [5.41, 5.74) is 3.95. The van der Waals surface area contributed by atoms with E-state index >= 15 is 0 Å². The van der Waals surface area contributed by atoms with Gasteiger partial charge in [0, 0.05) is 18.3 Å². The van der Waals surface area contributed by atoms with Crippen molar-refractivity contribution >= 4 is 29.0 Å².